The van der Waals surface area contributed by atoms with Crippen molar-refractivity contribution < 1.29 is 14.7 Å². The Morgan fingerprint density at radius 2 is 2.31 bits per heavy atom. The first-order valence-electron chi connectivity index (χ1n) is 5.75. The maximum atomic E-state index is 10.3. The fraction of sp³-hybridized carbons (Fsp3) is 0.667. The molecule has 0 fully saturated rings. The average molecular weight is 225 g/mol. The van der Waals surface area contributed by atoms with Crippen molar-refractivity contribution in [2.45, 2.75) is 44.9 Å². The fourth-order valence-electron chi connectivity index (χ4n) is 1.89. The molecule has 0 aromatic heterocycles. The molecule has 0 amide bonds. The summed E-state index contributed by atoms with van der Waals surface area (Å²) in [6.45, 7) is 0. The molecule has 0 saturated carbocycles. The highest BCUT2D eigenvalue weighted by atomic mass is 16.6. The zero-order valence-electron chi connectivity index (χ0n) is 9.74. The molecule has 4 heteroatoms. The van der Waals surface area contributed by atoms with Gasteiger partial charge in [-0.1, -0.05) is 17.7 Å². The molecule has 0 saturated heterocycles. The lowest BCUT2D eigenvalue weighted by Gasteiger charge is -2.03. The molecular weight excluding hydrogens is 206 g/mol. The number of carbonyl (C=O) groups is 1. The highest BCUT2D eigenvalue weighted by Crippen LogP contribution is 2.21. The second-order valence-corrected chi connectivity index (χ2v) is 3.94. The molecule has 1 rings (SSSR count). The summed E-state index contributed by atoms with van der Waals surface area (Å²) in [7, 11) is 1.57. The smallest absolute Gasteiger partial charge is 0.303 e. The van der Waals surface area contributed by atoms with E-state index in [0.29, 0.717) is 0 Å². The summed E-state index contributed by atoms with van der Waals surface area (Å²) in [5, 5.41) is 12.5. The van der Waals surface area contributed by atoms with Crippen LogP contribution in [0.25, 0.3) is 0 Å². The Morgan fingerprint density at radius 1 is 1.50 bits per heavy atom. The van der Waals surface area contributed by atoms with Crippen LogP contribution in [-0.2, 0) is 9.63 Å². The summed E-state index contributed by atoms with van der Waals surface area (Å²) in [6, 6.07) is 0. The number of nitrogens with zero attached hydrogens (tertiary/aromatic N) is 1. The fourth-order valence-corrected chi connectivity index (χ4v) is 1.89. The van der Waals surface area contributed by atoms with Crippen LogP contribution >= 0.6 is 0 Å². The topological polar surface area (TPSA) is 58.9 Å². The highest BCUT2D eigenvalue weighted by molar-refractivity contribution is 6.01. The summed E-state index contributed by atoms with van der Waals surface area (Å²) in [5.74, 6) is -0.707. The molecule has 0 bridgehead atoms. The number of hydrogen-bond acceptors (Lipinski definition) is 3. The largest absolute Gasteiger partial charge is 0.481 e. The van der Waals surface area contributed by atoms with Crippen LogP contribution in [-0.4, -0.2) is 23.9 Å². The minimum atomic E-state index is -0.707. The second-order valence-electron chi connectivity index (χ2n) is 3.94. The first kappa shape index (κ1) is 12.7. The van der Waals surface area contributed by atoms with Gasteiger partial charge in [-0.15, -0.1) is 0 Å². The molecule has 90 valence electrons. The molecule has 0 atom stereocenters. The Kier molecular flexibility index (Phi) is 5.61. The standard InChI is InChI=1S/C12H19NO3/c1-16-13-11-8-5-7-10(11)6-3-2-4-9-12(14)15/h7H,2-6,8-9H2,1H3,(H,14,15). The maximum absolute atomic E-state index is 10.3. The second kappa shape index (κ2) is 7.04. The molecule has 0 heterocycles. The van der Waals surface area contributed by atoms with E-state index >= 15 is 0 Å². The predicted molar refractivity (Wildman–Crippen MR) is 62.5 cm³/mol. The van der Waals surface area contributed by atoms with Gasteiger partial charge in [0.15, 0.2) is 0 Å². The van der Waals surface area contributed by atoms with E-state index in [-0.39, 0.29) is 6.42 Å². The predicted octanol–water partition coefficient (Wildman–Crippen LogP) is 2.74. The van der Waals surface area contributed by atoms with Crippen LogP contribution in [0.4, 0.5) is 0 Å². The van der Waals surface area contributed by atoms with E-state index in [0.717, 1.165) is 44.2 Å². The monoisotopic (exact) mass is 225 g/mol. The molecule has 0 unspecified atom stereocenters. The van der Waals surface area contributed by atoms with E-state index in [4.69, 9.17) is 9.94 Å². The summed E-state index contributed by atoms with van der Waals surface area (Å²) in [4.78, 5) is 15.1. The van der Waals surface area contributed by atoms with Gasteiger partial charge in [0.05, 0.1) is 5.71 Å². The Bertz CT molecular complexity index is 295. The first-order chi connectivity index (χ1) is 7.74. The van der Waals surface area contributed by atoms with Crippen LogP contribution in [0.2, 0.25) is 0 Å². The third kappa shape index (κ3) is 4.47. The van der Waals surface area contributed by atoms with Gasteiger partial charge < -0.3 is 9.94 Å². The normalized spacial score (nSPS) is 17.6. The molecule has 0 radical (unpaired) electrons. The molecule has 1 aliphatic carbocycles. The van der Waals surface area contributed by atoms with Crippen LogP contribution in [0.3, 0.4) is 0 Å². The molecule has 1 N–H and O–H groups in total. The molecule has 1 aliphatic rings. The van der Waals surface area contributed by atoms with Gasteiger partial charge in [-0.3, -0.25) is 4.79 Å². The summed E-state index contributed by atoms with van der Waals surface area (Å²) >= 11 is 0. The van der Waals surface area contributed by atoms with Crippen molar-refractivity contribution in [3.63, 3.8) is 0 Å². The van der Waals surface area contributed by atoms with Crippen LogP contribution < -0.4 is 0 Å². The Morgan fingerprint density at radius 3 is 3.00 bits per heavy atom. The van der Waals surface area contributed by atoms with Gasteiger partial charge >= 0.3 is 5.97 Å². The SMILES string of the molecule is CON=C1CCC=C1CCCCCC(=O)O. The number of carboxylic acids is 1. The van der Waals surface area contributed by atoms with E-state index in [1.54, 1.807) is 7.11 Å². The molecule has 0 aromatic carbocycles. The van der Waals surface area contributed by atoms with Gasteiger partial charge in [-0.05, 0) is 37.7 Å². The van der Waals surface area contributed by atoms with E-state index in [1.165, 1.54) is 5.57 Å². The van der Waals surface area contributed by atoms with E-state index < -0.39 is 5.97 Å². The van der Waals surface area contributed by atoms with Crippen LogP contribution in [0, 0.1) is 0 Å². The van der Waals surface area contributed by atoms with Gasteiger partial charge in [-0.25, -0.2) is 0 Å². The van der Waals surface area contributed by atoms with Gasteiger partial charge in [-0.2, -0.15) is 0 Å². The minimum absolute atomic E-state index is 0.276. The van der Waals surface area contributed by atoms with Crippen molar-refractivity contribution in [1.82, 2.24) is 0 Å². The summed E-state index contributed by atoms with van der Waals surface area (Å²) in [6.07, 6.45) is 8.24. The third-order valence-corrected chi connectivity index (χ3v) is 2.68. The van der Waals surface area contributed by atoms with Crippen molar-refractivity contribution in [2.24, 2.45) is 5.16 Å². The van der Waals surface area contributed by atoms with Crippen molar-refractivity contribution in [1.29, 1.82) is 0 Å². The Labute approximate surface area is 96.0 Å². The lowest BCUT2D eigenvalue weighted by molar-refractivity contribution is -0.137. The van der Waals surface area contributed by atoms with Crippen LogP contribution in [0.5, 0.6) is 0 Å². The van der Waals surface area contributed by atoms with Crippen LogP contribution in [0.15, 0.2) is 16.8 Å². The number of hydrogen-bond donors (Lipinski definition) is 1. The van der Waals surface area contributed by atoms with Crippen molar-refractivity contribution >= 4 is 11.7 Å². The molecule has 16 heavy (non-hydrogen) atoms. The number of aliphatic carboxylic acids is 1. The van der Waals surface area contributed by atoms with Crippen LogP contribution in [0.1, 0.15) is 44.9 Å². The number of rotatable bonds is 7. The maximum Gasteiger partial charge on any atom is 0.303 e. The highest BCUT2D eigenvalue weighted by Gasteiger charge is 2.13. The average Bonchev–Trinajstić information content (AvgIpc) is 2.65. The van der Waals surface area contributed by atoms with E-state index in [1.807, 2.05) is 0 Å². The van der Waals surface area contributed by atoms with Crippen molar-refractivity contribution in [3.8, 4) is 0 Å². The molecule has 4 nitrogen and oxygen atoms in total. The molecule has 0 aromatic rings. The number of allylic oxidation sites excluding steroid dienone is 2. The zero-order valence-corrected chi connectivity index (χ0v) is 9.74. The van der Waals surface area contributed by atoms with Crippen molar-refractivity contribution in [3.05, 3.63) is 11.6 Å². The van der Waals surface area contributed by atoms with Gasteiger partial charge in [0.25, 0.3) is 0 Å². The van der Waals surface area contributed by atoms with Gasteiger partial charge in [0.2, 0.25) is 0 Å². The Balaban J connectivity index is 2.17. The van der Waals surface area contributed by atoms with E-state index in [2.05, 4.69) is 11.2 Å². The molecule has 0 aliphatic heterocycles. The van der Waals surface area contributed by atoms with Crippen molar-refractivity contribution in [2.75, 3.05) is 7.11 Å². The van der Waals surface area contributed by atoms with E-state index in [9.17, 15) is 4.79 Å². The van der Waals surface area contributed by atoms with Gasteiger partial charge in [0, 0.05) is 6.42 Å². The molecular formula is C12H19NO3. The molecule has 0 spiro atoms. The summed E-state index contributed by atoms with van der Waals surface area (Å²) < 4.78 is 0. The van der Waals surface area contributed by atoms with Gasteiger partial charge in [0.1, 0.15) is 7.11 Å². The third-order valence-electron chi connectivity index (χ3n) is 2.68. The zero-order chi connectivity index (χ0) is 11.8. The quantitative estimate of drug-likeness (QED) is 0.535. The summed E-state index contributed by atoms with van der Waals surface area (Å²) in [5.41, 5.74) is 2.33. The lowest BCUT2D eigenvalue weighted by Crippen LogP contribution is -1.98. The Hall–Kier alpha value is -1.32. The number of unbranched alkanes of at least 4 members (excludes halogenated alkanes) is 2. The minimum Gasteiger partial charge on any atom is -0.481 e. The first-order valence-corrected chi connectivity index (χ1v) is 5.75. The number of oxime groups is 1. The number of carboxylic acid groups (broad SMARTS) is 1. The lowest BCUT2D eigenvalue weighted by atomic mass is 10.0.